The molecule has 3 rings (SSSR count). The molecule has 0 aromatic heterocycles. The van der Waals surface area contributed by atoms with E-state index in [-0.39, 0.29) is 5.91 Å². The van der Waals surface area contributed by atoms with Gasteiger partial charge >= 0.3 is 0 Å². The van der Waals surface area contributed by atoms with E-state index in [0.717, 1.165) is 30.1 Å². The lowest BCUT2D eigenvalue weighted by Crippen LogP contribution is -2.48. The number of para-hydroxylation sites is 2. The van der Waals surface area contributed by atoms with Crippen molar-refractivity contribution in [2.75, 3.05) is 59.5 Å². The fourth-order valence-electron chi connectivity index (χ4n) is 3.53. The summed E-state index contributed by atoms with van der Waals surface area (Å²) in [4.78, 5) is 16.8. The van der Waals surface area contributed by atoms with Crippen LogP contribution in [0.4, 0.5) is 5.69 Å². The van der Waals surface area contributed by atoms with Crippen molar-refractivity contribution >= 4 is 17.7 Å². The summed E-state index contributed by atoms with van der Waals surface area (Å²) in [6.07, 6.45) is 3.35. The molecule has 7 heteroatoms. The van der Waals surface area contributed by atoms with Crippen molar-refractivity contribution in [1.82, 2.24) is 4.90 Å². The van der Waals surface area contributed by atoms with Gasteiger partial charge in [-0.3, -0.25) is 4.79 Å². The molecule has 0 atom stereocenters. The van der Waals surface area contributed by atoms with Crippen LogP contribution < -0.4 is 23.8 Å². The fraction of sp³-hybridized carbons (Fsp3) is 0.348. The van der Waals surface area contributed by atoms with Crippen LogP contribution in [0.3, 0.4) is 0 Å². The minimum Gasteiger partial charge on any atom is -0.495 e. The van der Waals surface area contributed by atoms with Crippen molar-refractivity contribution in [2.45, 2.75) is 0 Å². The lowest BCUT2D eigenvalue weighted by atomic mass is 10.1. The second-order valence-electron chi connectivity index (χ2n) is 6.78. The van der Waals surface area contributed by atoms with Gasteiger partial charge in [0, 0.05) is 32.3 Å². The predicted octanol–water partition coefficient (Wildman–Crippen LogP) is 3.08. The van der Waals surface area contributed by atoms with Gasteiger partial charge < -0.3 is 28.7 Å². The molecule has 0 spiro atoms. The molecule has 0 aliphatic carbocycles. The van der Waals surface area contributed by atoms with E-state index in [9.17, 15) is 4.79 Å². The van der Waals surface area contributed by atoms with Crippen LogP contribution in [0, 0.1) is 0 Å². The monoisotopic (exact) mass is 412 g/mol. The third-order valence-electron chi connectivity index (χ3n) is 5.12. The lowest BCUT2D eigenvalue weighted by molar-refractivity contribution is -0.126. The summed E-state index contributed by atoms with van der Waals surface area (Å²) in [5.74, 6) is 2.45. The Bertz CT molecular complexity index is 879. The SMILES string of the molecule is COc1ccccc1N1CCN(C(=O)/C=C/c2cc(OC)c(OC)c(OC)c2)CC1. The van der Waals surface area contributed by atoms with Crippen molar-refractivity contribution in [3.05, 3.63) is 48.0 Å². The number of piperazine rings is 1. The molecule has 2 aromatic carbocycles. The Balaban J connectivity index is 1.65. The van der Waals surface area contributed by atoms with Gasteiger partial charge in [-0.1, -0.05) is 12.1 Å². The number of methoxy groups -OCH3 is 4. The highest BCUT2D eigenvalue weighted by Gasteiger charge is 2.21. The number of carbonyl (C=O) groups excluding carboxylic acids is 1. The first-order valence-corrected chi connectivity index (χ1v) is 9.76. The van der Waals surface area contributed by atoms with Crippen LogP contribution in [0.25, 0.3) is 6.08 Å². The fourth-order valence-corrected chi connectivity index (χ4v) is 3.53. The normalized spacial score (nSPS) is 14.0. The number of anilines is 1. The van der Waals surface area contributed by atoms with Crippen molar-refractivity contribution < 1.29 is 23.7 Å². The molecule has 0 saturated carbocycles. The Morgan fingerprint density at radius 2 is 1.43 bits per heavy atom. The second-order valence-corrected chi connectivity index (χ2v) is 6.78. The summed E-state index contributed by atoms with van der Waals surface area (Å²) in [7, 11) is 6.37. The highest BCUT2D eigenvalue weighted by Crippen LogP contribution is 2.38. The van der Waals surface area contributed by atoms with Gasteiger partial charge in [-0.2, -0.15) is 0 Å². The van der Waals surface area contributed by atoms with Gasteiger partial charge in [-0.25, -0.2) is 0 Å². The molecule has 0 bridgehead atoms. The van der Waals surface area contributed by atoms with Crippen molar-refractivity contribution in [1.29, 1.82) is 0 Å². The molecule has 2 aromatic rings. The maximum absolute atomic E-state index is 12.7. The molecular formula is C23H28N2O5. The van der Waals surface area contributed by atoms with Crippen molar-refractivity contribution in [3.8, 4) is 23.0 Å². The third-order valence-corrected chi connectivity index (χ3v) is 5.12. The number of amides is 1. The van der Waals surface area contributed by atoms with E-state index in [1.54, 1.807) is 40.6 Å². The van der Waals surface area contributed by atoms with Crippen LogP contribution >= 0.6 is 0 Å². The summed E-state index contributed by atoms with van der Waals surface area (Å²) < 4.78 is 21.5. The number of hydrogen-bond donors (Lipinski definition) is 0. The Labute approximate surface area is 177 Å². The highest BCUT2D eigenvalue weighted by atomic mass is 16.5. The van der Waals surface area contributed by atoms with Crippen molar-refractivity contribution in [2.24, 2.45) is 0 Å². The zero-order valence-corrected chi connectivity index (χ0v) is 17.9. The number of ether oxygens (including phenoxy) is 4. The maximum Gasteiger partial charge on any atom is 0.246 e. The van der Waals surface area contributed by atoms with Gasteiger partial charge in [0.2, 0.25) is 11.7 Å². The number of benzene rings is 2. The van der Waals surface area contributed by atoms with Gasteiger partial charge in [-0.15, -0.1) is 0 Å². The van der Waals surface area contributed by atoms with Gasteiger partial charge in [0.05, 0.1) is 34.1 Å². The molecule has 1 aliphatic rings. The van der Waals surface area contributed by atoms with Gasteiger partial charge in [0.1, 0.15) is 5.75 Å². The van der Waals surface area contributed by atoms with E-state index >= 15 is 0 Å². The first kappa shape index (κ1) is 21.4. The van der Waals surface area contributed by atoms with Crippen LogP contribution in [0.2, 0.25) is 0 Å². The molecule has 7 nitrogen and oxygen atoms in total. The summed E-state index contributed by atoms with van der Waals surface area (Å²) in [5.41, 5.74) is 1.85. The molecule has 0 N–H and O–H groups in total. The summed E-state index contributed by atoms with van der Waals surface area (Å²) in [6, 6.07) is 11.6. The van der Waals surface area contributed by atoms with E-state index in [4.69, 9.17) is 18.9 Å². The molecule has 0 radical (unpaired) electrons. The standard InChI is InChI=1S/C23H28N2O5/c1-27-19-8-6-5-7-18(19)24-11-13-25(14-12-24)22(26)10-9-17-15-20(28-2)23(30-4)21(16-17)29-3/h5-10,15-16H,11-14H2,1-4H3/b10-9+. The molecule has 30 heavy (non-hydrogen) atoms. The second kappa shape index (κ2) is 9.91. The molecule has 1 saturated heterocycles. The number of carbonyl (C=O) groups is 1. The van der Waals surface area contributed by atoms with Gasteiger partial charge in [0.15, 0.2) is 11.5 Å². The predicted molar refractivity (Wildman–Crippen MR) is 117 cm³/mol. The Hall–Kier alpha value is -3.35. The molecular weight excluding hydrogens is 384 g/mol. The number of rotatable bonds is 7. The average molecular weight is 412 g/mol. The maximum atomic E-state index is 12.7. The third kappa shape index (κ3) is 4.62. The topological polar surface area (TPSA) is 60.5 Å². The van der Waals surface area contributed by atoms with E-state index < -0.39 is 0 Å². The number of nitrogens with zero attached hydrogens (tertiary/aromatic N) is 2. The molecule has 1 amide bonds. The largest absolute Gasteiger partial charge is 0.495 e. The zero-order chi connectivity index (χ0) is 21.5. The van der Waals surface area contributed by atoms with Crippen molar-refractivity contribution in [3.63, 3.8) is 0 Å². The van der Waals surface area contributed by atoms with Crippen LogP contribution in [0.1, 0.15) is 5.56 Å². The number of hydrogen-bond acceptors (Lipinski definition) is 6. The van der Waals surface area contributed by atoms with E-state index in [1.165, 1.54) is 0 Å². The molecule has 1 aliphatic heterocycles. The summed E-state index contributed by atoms with van der Waals surface area (Å²) in [6.45, 7) is 2.81. The first-order valence-electron chi connectivity index (χ1n) is 9.76. The average Bonchev–Trinajstić information content (AvgIpc) is 2.81. The minimum atomic E-state index is -0.0246. The Morgan fingerprint density at radius 3 is 2.00 bits per heavy atom. The van der Waals surface area contributed by atoms with Crippen LogP contribution in [0.15, 0.2) is 42.5 Å². The van der Waals surface area contributed by atoms with Gasteiger partial charge in [-0.05, 0) is 35.9 Å². The highest BCUT2D eigenvalue weighted by molar-refractivity contribution is 5.92. The summed E-state index contributed by atoms with van der Waals surface area (Å²) in [5, 5.41) is 0. The molecule has 0 unspecified atom stereocenters. The van der Waals surface area contributed by atoms with Crippen LogP contribution in [-0.2, 0) is 4.79 Å². The zero-order valence-electron chi connectivity index (χ0n) is 17.9. The van der Waals surface area contributed by atoms with E-state index in [2.05, 4.69) is 4.90 Å². The van der Waals surface area contributed by atoms with Crippen LogP contribution in [0.5, 0.6) is 23.0 Å². The van der Waals surface area contributed by atoms with E-state index in [1.807, 2.05) is 41.3 Å². The van der Waals surface area contributed by atoms with Crippen LogP contribution in [-0.4, -0.2) is 65.4 Å². The Morgan fingerprint density at radius 1 is 0.833 bits per heavy atom. The smallest absolute Gasteiger partial charge is 0.246 e. The first-order chi connectivity index (χ1) is 14.6. The molecule has 1 heterocycles. The molecule has 160 valence electrons. The quantitative estimate of drug-likeness (QED) is 0.652. The Kier molecular flexibility index (Phi) is 7.06. The summed E-state index contributed by atoms with van der Waals surface area (Å²) >= 11 is 0. The minimum absolute atomic E-state index is 0.0246. The van der Waals surface area contributed by atoms with Gasteiger partial charge in [0.25, 0.3) is 0 Å². The molecule has 1 fully saturated rings. The van der Waals surface area contributed by atoms with E-state index in [0.29, 0.717) is 30.3 Å². The lowest BCUT2D eigenvalue weighted by Gasteiger charge is -2.36.